The van der Waals surface area contributed by atoms with Crippen LogP contribution in [0.15, 0.2) is 10.9 Å². The van der Waals surface area contributed by atoms with Crippen molar-refractivity contribution in [2.24, 2.45) is 0 Å². The second-order valence-electron chi connectivity index (χ2n) is 2.76. The maximum absolute atomic E-state index is 11.2. The molecule has 6 nitrogen and oxygen atoms in total. The molecule has 1 aromatic rings. The lowest BCUT2D eigenvalue weighted by atomic mass is 10.6. The first-order valence-electron chi connectivity index (χ1n) is 3.76. The fourth-order valence-corrected chi connectivity index (χ4v) is 1.27. The molecule has 0 aliphatic rings. The van der Waals surface area contributed by atoms with Gasteiger partial charge in [0.15, 0.2) is 5.82 Å². The van der Waals surface area contributed by atoms with Gasteiger partial charge in [-0.1, -0.05) is 5.16 Å². The number of hydrogen-bond acceptors (Lipinski definition) is 5. The standard InChI is InChI=1S/C6H11N3O3S/c1-5(2)13(10,11)8-3-6-7-4-12-9-6/h4-5,8H,3H2,1-2H3. The Morgan fingerprint density at radius 1 is 1.62 bits per heavy atom. The van der Waals surface area contributed by atoms with Crippen molar-refractivity contribution < 1.29 is 12.9 Å². The molecule has 0 saturated heterocycles. The van der Waals surface area contributed by atoms with Gasteiger partial charge in [0.1, 0.15) is 0 Å². The molecule has 0 atom stereocenters. The van der Waals surface area contributed by atoms with Crippen LogP contribution in [0.1, 0.15) is 19.7 Å². The molecule has 0 radical (unpaired) electrons. The summed E-state index contributed by atoms with van der Waals surface area (Å²) in [6, 6.07) is 0. The molecule has 1 heterocycles. The van der Waals surface area contributed by atoms with E-state index in [-0.39, 0.29) is 6.54 Å². The Hall–Kier alpha value is -0.950. The first-order valence-corrected chi connectivity index (χ1v) is 5.30. The van der Waals surface area contributed by atoms with Crippen LogP contribution in [0.2, 0.25) is 0 Å². The summed E-state index contributed by atoms with van der Waals surface area (Å²) < 4.78 is 29.2. The Morgan fingerprint density at radius 3 is 2.77 bits per heavy atom. The zero-order valence-electron chi connectivity index (χ0n) is 7.39. The lowest BCUT2D eigenvalue weighted by Crippen LogP contribution is -2.30. The van der Waals surface area contributed by atoms with E-state index < -0.39 is 15.3 Å². The topological polar surface area (TPSA) is 85.1 Å². The second kappa shape index (κ2) is 3.84. The predicted octanol–water partition coefficient (Wildman–Crippen LogP) is -0.103. The summed E-state index contributed by atoms with van der Waals surface area (Å²) in [6.07, 6.45) is 1.15. The molecule has 0 aromatic carbocycles. The van der Waals surface area contributed by atoms with Gasteiger partial charge in [-0.2, -0.15) is 4.98 Å². The van der Waals surface area contributed by atoms with E-state index in [0.717, 1.165) is 6.39 Å². The Kier molecular flexibility index (Phi) is 2.99. The number of hydrogen-bond donors (Lipinski definition) is 1. The Balaban J connectivity index is 2.53. The van der Waals surface area contributed by atoms with E-state index in [1.54, 1.807) is 13.8 Å². The van der Waals surface area contributed by atoms with E-state index in [2.05, 4.69) is 19.4 Å². The van der Waals surface area contributed by atoms with Gasteiger partial charge in [0.2, 0.25) is 16.4 Å². The predicted molar refractivity (Wildman–Crippen MR) is 45.2 cm³/mol. The summed E-state index contributed by atoms with van der Waals surface area (Å²) >= 11 is 0. The van der Waals surface area contributed by atoms with Gasteiger partial charge in [-0.05, 0) is 13.8 Å². The fourth-order valence-electron chi connectivity index (χ4n) is 0.602. The molecule has 1 rings (SSSR count). The van der Waals surface area contributed by atoms with Gasteiger partial charge in [0, 0.05) is 0 Å². The van der Waals surface area contributed by atoms with Crippen LogP contribution in [0.3, 0.4) is 0 Å². The van der Waals surface area contributed by atoms with Gasteiger partial charge in [0.05, 0.1) is 11.8 Å². The van der Waals surface area contributed by atoms with Crippen molar-refractivity contribution in [3.63, 3.8) is 0 Å². The number of aromatic nitrogens is 2. The van der Waals surface area contributed by atoms with E-state index in [4.69, 9.17) is 0 Å². The largest absolute Gasteiger partial charge is 0.343 e. The van der Waals surface area contributed by atoms with E-state index >= 15 is 0 Å². The first kappa shape index (κ1) is 10.1. The van der Waals surface area contributed by atoms with Crippen molar-refractivity contribution in [1.29, 1.82) is 0 Å². The highest BCUT2D eigenvalue weighted by atomic mass is 32.2. The molecule has 0 aliphatic heterocycles. The van der Waals surface area contributed by atoms with Gasteiger partial charge >= 0.3 is 0 Å². The zero-order chi connectivity index (χ0) is 9.90. The summed E-state index contributed by atoms with van der Waals surface area (Å²) in [5, 5.41) is 3.01. The van der Waals surface area contributed by atoms with E-state index in [9.17, 15) is 8.42 Å². The molecule has 0 spiro atoms. The van der Waals surface area contributed by atoms with Crippen molar-refractivity contribution in [3.05, 3.63) is 12.2 Å². The third-order valence-electron chi connectivity index (χ3n) is 1.46. The molecule has 0 amide bonds. The minimum Gasteiger partial charge on any atom is -0.343 e. The molecule has 1 N–H and O–H groups in total. The molecule has 0 fully saturated rings. The number of rotatable bonds is 4. The minimum atomic E-state index is -3.25. The molecular weight excluding hydrogens is 194 g/mol. The van der Waals surface area contributed by atoms with E-state index in [0.29, 0.717) is 5.82 Å². The van der Waals surface area contributed by atoms with Crippen LogP contribution >= 0.6 is 0 Å². The quantitative estimate of drug-likeness (QED) is 0.741. The highest BCUT2D eigenvalue weighted by Gasteiger charge is 2.15. The van der Waals surface area contributed by atoms with Gasteiger partial charge in [0.25, 0.3) is 0 Å². The van der Waals surface area contributed by atoms with E-state index in [1.807, 2.05) is 0 Å². The summed E-state index contributed by atoms with van der Waals surface area (Å²) in [7, 11) is -3.25. The third kappa shape index (κ3) is 2.78. The summed E-state index contributed by atoms with van der Waals surface area (Å²) in [6.45, 7) is 3.26. The van der Waals surface area contributed by atoms with Gasteiger partial charge < -0.3 is 4.52 Å². The number of sulfonamides is 1. The zero-order valence-corrected chi connectivity index (χ0v) is 8.21. The summed E-state index contributed by atoms with van der Waals surface area (Å²) in [5.74, 6) is 0.323. The SMILES string of the molecule is CC(C)S(=O)(=O)NCc1ncon1. The monoisotopic (exact) mass is 205 g/mol. The first-order chi connectivity index (χ1) is 6.02. The lowest BCUT2D eigenvalue weighted by Gasteiger charge is -2.06. The Labute approximate surface area is 76.4 Å². The van der Waals surface area contributed by atoms with Crippen LogP contribution in [-0.2, 0) is 16.6 Å². The highest BCUT2D eigenvalue weighted by Crippen LogP contribution is 1.97. The third-order valence-corrected chi connectivity index (χ3v) is 3.25. The van der Waals surface area contributed by atoms with E-state index in [1.165, 1.54) is 0 Å². The van der Waals surface area contributed by atoms with Crippen molar-refractivity contribution >= 4 is 10.0 Å². The summed E-state index contributed by atoms with van der Waals surface area (Å²) in [4.78, 5) is 3.67. The average molecular weight is 205 g/mol. The molecular formula is C6H11N3O3S. The van der Waals surface area contributed by atoms with Gasteiger partial charge in [-0.3, -0.25) is 0 Å². The Morgan fingerprint density at radius 2 is 2.31 bits per heavy atom. The van der Waals surface area contributed by atoms with Crippen molar-refractivity contribution in [2.45, 2.75) is 25.6 Å². The van der Waals surface area contributed by atoms with Crippen LogP contribution in [0.4, 0.5) is 0 Å². The highest BCUT2D eigenvalue weighted by molar-refractivity contribution is 7.90. The molecule has 0 bridgehead atoms. The molecule has 0 aliphatic carbocycles. The second-order valence-corrected chi connectivity index (χ2v) is 5.08. The Bertz CT molecular complexity index is 343. The number of nitrogens with zero attached hydrogens (tertiary/aromatic N) is 2. The summed E-state index contributed by atoms with van der Waals surface area (Å²) in [5.41, 5.74) is 0. The lowest BCUT2D eigenvalue weighted by molar-refractivity contribution is 0.409. The fraction of sp³-hybridized carbons (Fsp3) is 0.667. The van der Waals surface area contributed by atoms with Crippen LogP contribution in [0, 0.1) is 0 Å². The maximum atomic E-state index is 11.2. The average Bonchev–Trinajstić information content (AvgIpc) is 2.52. The van der Waals surface area contributed by atoms with Crippen LogP contribution < -0.4 is 4.72 Å². The smallest absolute Gasteiger partial charge is 0.214 e. The van der Waals surface area contributed by atoms with Crippen molar-refractivity contribution in [2.75, 3.05) is 0 Å². The van der Waals surface area contributed by atoms with Crippen LogP contribution in [-0.4, -0.2) is 23.8 Å². The molecule has 74 valence electrons. The van der Waals surface area contributed by atoms with Gasteiger partial charge in [-0.15, -0.1) is 0 Å². The van der Waals surface area contributed by atoms with Crippen molar-refractivity contribution in [1.82, 2.24) is 14.9 Å². The molecule has 0 saturated carbocycles. The van der Waals surface area contributed by atoms with Crippen molar-refractivity contribution in [3.8, 4) is 0 Å². The van der Waals surface area contributed by atoms with Crippen LogP contribution in [0.25, 0.3) is 0 Å². The molecule has 13 heavy (non-hydrogen) atoms. The minimum absolute atomic E-state index is 0.0665. The molecule has 1 aromatic heterocycles. The van der Waals surface area contributed by atoms with Crippen LogP contribution in [0.5, 0.6) is 0 Å². The maximum Gasteiger partial charge on any atom is 0.214 e. The molecule has 7 heteroatoms. The molecule has 0 unspecified atom stereocenters. The van der Waals surface area contributed by atoms with Gasteiger partial charge in [-0.25, -0.2) is 13.1 Å². The normalized spacial score (nSPS) is 12.2. The number of nitrogens with one attached hydrogen (secondary N) is 1.